The zero-order valence-electron chi connectivity index (χ0n) is 19.2. The van der Waals surface area contributed by atoms with Crippen molar-refractivity contribution in [2.24, 2.45) is 4.99 Å². The van der Waals surface area contributed by atoms with E-state index in [4.69, 9.17) is 14.5 Å². The molecule has 4 rings (SSSR count). The molecule has 0 atom stereocenters. The summed E-state index contributed by atoms with van der Waals surface area (Å²) in [6.45, 7) is 4.96. The van der Waals surface area contributed by atoms with E-state index in [2.05, 4.69) is 15.9 Å². The second kappa shape index (κ2) is 10.9. The maximum absolute atomic E-state index is 13.0. The summed E-state index contributed by atoms with van der Waals surface area (Å²) in [4.78, 5) is 20.1. The molecule has 34 heavy (non-hydrogen) atoms. The predicted octanol–water partition coefficient (Wildman–Crippen LogP) is 6.97. The molecular formula is C27H25BrN2O3S. The summed E-state index contributed by atoms with van der Waals surface area (Å²) >= 11 is 4.98. The van der Waals surface area contributed by atoms with Gasteiger partial charge in [0, 0.05) is 6.54 Å². The van der Waals surface area contributed by atoms with E-state index in [1.54, 1.807) is 12.0 Å². The van der Waals surface area contributed by atoms with Gasteiger partial charge in [0.05, 0.1) is 22.2 Å². The van der Waals surface area contributed by atoms with Crippen LogP contribution < -0.4 is 9.47 Å². The largest absolute Gasteiger partial charge is 0.493 e. The van der Waals surface area contributed by atoms with E-state index < -0.39 is 0 Å². The molecule has 0 unspecified atom stereocenters. The fourth-order valence-corrected chi connectivity index (χ4v) is 5.08. The average molecular weight is 537 g/mol. The zero-order valence-corrected chi connectivity index (χ0v) is 21.7. The van der Waals surface area contributed by atoms with Crippen LogP contribution in [0.1, 0.15) is 23.6 Å². The molecule has 5 nitrogen and oxygen atoms in total. The second-order valence-electron chi connectivity index (χ2n) is 7.70. The van der Waals surface area contributed by atoms with E-state index in [9.17, 15) is 4.79 Å². The second-order valence-corrected chi connectivity index (χ2v) is 9.56. The van der Waals surface area contributed by atoms with Crippen molar-refractivity contribution in [3.05, 3.63) is 92.8 Å². The zero-order chi connectivity index (χ0) is 24.1. The van der Waals surface area contributed by atoms with Crippen molar-refractivity contribution in [2.75, 3.05) is 13.7 Å². The number of amidine groups is 1. The number of aliphatic imine (C=N–C) groups is 1. The minimum Gasteiger partial charge on any atom is -0.493 e. The highest BCUT2D eigenvalue weighted by Gasteiger charge is 2.32. The number of hydrogen-bond donors (Lipinski definition) is 0. The molecule has 0 radical (unpaired) electrons. The van der Waals surface area contributed by atoms with Crippen molar-refractivity contribution >= 4 is 50.5 Å². The highest BCUT2D eigenvalue weighted by atomic mass is 79.9. The van der Waals surface area contributed by atoms with Crippen LogP contribution in [0.3, 0.4) is 0 Å². The van der Waals surface area contributed by atoms with Crippen LogP contribution in [-0.4, -0.2) is 29.6 Å². The van der Waals surface area contributed by atoms with E-state index >= 15 is 0 Å². The van der Waals surface area contributed by atoms with Crippen molar-refractivity contribution in [1.29, 1.82) is 0 Å². The number of methoxy groups -OCH3 is 1. The lowest BCUT2D eigenvalue weighted by atomic mass is 10.1. The quantitative estimate of drug-likeness (QED) is 0.306. The molecule has 0 aliphatic carbocycles. The number of carbonyl (C=O) groups is 1. The predicted molar refractivity (Wildman–Crippen MR) is 143 cm³/mol. The maximum atomic E-state index is 13.0. The van der Waals surface area contributed by atoms with Gasteiger partial charge in [0.15, 0.2) is 16.7 Å². The van der Waals surface area contributed by atoms with Gasteiger partial charge < -0.3 is 9.47 Å². The summed E-state index contributed by atoms with van der Waals surface area (Å²) in [5.41, 5.74) is 3.89. The van der Waals surface area contributed by atoms with Crippen molar-refractivity contribution in [2.45, 2.75) is 20.5 Å². The van der Waals surface area contributed by atoms with Crippen LogP contribution in [0.25, 0.3) is 6.08 Å². The molecule has 0 bridgehead atoms. The third-order valence-corrected chi connectivity index (χ3v) is 6.83. The molecule has 0 aromatic heterocycles. The van der Waals surface area contributed by atoms with Gasteiger partial charge in [-0.2, -0.15) is 0 Å². The standard InChI is InChI=1S/C27H25BrN2O3S/c1-4-30-26(31)24(34-27(30)29-21-12-10-18(2)11-13-21)16-20-14-22(28)25(23(15-20)32-3)33-17-19-8-6-5-7-9-19/h5-16H,4,17H2,1-3H3/b24-16+,29-27?. The number of nitrogens with zero attached hydrogens (tertiary/aromatic N) is 2. The molecule has 0 N–H and O–H groups in total. The molecule has 3 aromatic carbocycles. The molecule has 174 valence electrons. The lowest BCUT2D eigenvalue weighted by Gasteiger charge is -2.14. The molecule has 1 heterocycles. The molecular weight excluding hydrogens is 512 g/mol. The Morgan fingerprint density at radius 3 is 2.50 bits per heavy atom. The normalized spacial score (nSPS) is 15.9. The lowest BCUT2D eigenvalue weighted by Crippen LogP contribution is -2.28. The van der Waals surface area contributed by atoms with Crippen LogP contribution in [0.5, 0.6) is 11.5 Å². The fourth-order valence-electron chi connectivity index (χ4n) is 3.44. The topological polar surface area (TPSA) is 51.1 Å². The van der Waals surface area contributed by atoms with Crippen molar-refractivity contribution in [1.82, 2.24) is 4.90 Å². The van der Waals surface area contributed by atoms with Crippen LogP contribution in [0.4, 0.5) is 5.69 Å². The van der Waals surface area contributed by atoms with Crippen molar-refractivity contribution < 1.29 is 14.3 Å². The van der Waals surface area contributed by atoms with E-state index in [0.29, 0.717) is 34.7 Å². The molecule has 1 amide bonds. The Balaban J connectivity index is 1.59. The van der Waals surface area contributed by atoms with Crippen LogP contribution in [0, 0.1) is 6.92 Å². The Kier molecular flexibility index (Phi) is 7.75. The van der Waals surface area contributed by atoms with E-state index in [0.717, 1.165) is 21.3 Å². The number of thioether (sulfide) groups is 1. The highest BCUT2D eigenvalue weighted by molar-refractivity contribution is 9.10. The Labute approximate surface area is 212 Å². The minimum absolute atomic E-state index is 0.0575. The number of amides is 1. The highest BCUT2D eigenvalue weighted by Crippen LogP contribution is 2.40. The third kappa shape index (κ3) is 5.54. The summed E-state index contributed by atoms with van der Waals surface area (Å²) in [7, 11) is 1.61. The van der Waals surface area contributed by atoms with E-state index in [-0.39, 0.29) is 5.91 Å². The van der Waals surface area contributed by atoms with Gasteiger partial charge in [-0.05, 0) is 83.0 Å². The number of rotatable bonds is 7. The molecule has 1 aliphatic rings. The summed E-state index contributed by atoms with van der Waals surface area (Å²) in [6.07, 6.45) is 1.86. The molecule has 3 aromatic rings. The van der Waals surface area contributed by atoms with Gasteiger partial charge in [-0.25, -0.2) is 4.99 Å². The van der Waals surface area contributed by atoms with E-state index in [1.807, 2.05) is 86.7 Å². The molecule has 7 heteroatoms. The minimum atomic E-state index is -0.0575. The molecule has 0 spiro atoms. The van der Waals surface area contributed by atoms with E-state index in [1.165, 1.54) is 17.3 Å². The number of likely N-dealkylation sites (N-methyl/N-ethyl adjacent to an activating group) is 1. The lowest BCUT2D eigenvalue weighted by molar-refractivity contribution is -0.122. The van der Waals surface area contributed by atoms with Crippen molar-refractivity contribution in [3.63, 3.8) is 0 Å². The summed E-state index contributed by atoms with van der Waals surface area (Å²) in [6, 6.07) is 21.7. The first kappa shape index (κ1) is 24.1. The number of benzene rings is 3. The Hall–Kier alpha value is -3.03. The smallest absolute Gasteiger partial charge is 0.266 e. The Morgan fingerprint density at radius 1 is 1.09 bits per heavy atom. The van der Waals surface area contributed by atoms with Crippen LogP contribution in [-0.2, 0) is 11.4 Å². The van der Waals surface area contributed by atoms with Gasteiger partial charge >= 0.3 is 0 Å². The number of ether oxygens (including phenoxy) is 2. The summed E-state index contributed by atoms with van der Waals surface area (Å²) in [5, 5.41) is 0.677. The first-order valence-electron chi connectivity index (χ1n) is 10.9. The maximum Gasteiger partial charge on any atom is 0.266 e. The van der Waals surface area contributed by atoms with Crippen LogP contribution in [0.15, 0.2) is 81.1 Å². The summed E-state index contributed by atoms with van der Waals surface area (Å²) < 4.78 is 12.4. The van der Waals surface area contributed by atoms with Crippen LogP contribution >= 0.6 is 27.7 Å². The number of carbonyl (C=O) groups excluding carboxylic acids is 1. The summed E-state index contributed by atoms with van der Waals surface area (Å²) in [5.74, 6) is 1.15. The van der Waals surface area contributed by atoms with Gasteiger partial charge in [-0.3, -0.25) is 9.69 Å². The molecule has 1 fully saturated rings. The van der Waals surface area contributed by atoms with Crippen LogP contribution in [0.2, 0.25) is 0 Å². The van der Waals surface area contributed by atoms with Gasteiger partial charge in [0.1, 0.15) is 6.61 Å². The fraction of sp³-hybridized carbons (Fsp3) is 0.185. The molecule has 1 saturated heterocycles. The van der Waals surface area contributed by atoms with Gasteiger partial charge in [-0.15, -0.1) is 0 Å². The Bertz CT molecular complexity index is 1240. The van der Waals surface area contributed by atoms with Gasteiger partial charge in [0.25, 0.3) is 5.91 Å². The Morgan fingerprint density at radius 2 is 1.82 bits per heavy atom. The number of hydrogen-bond acceptors (Lipinski definition) is 5. The SMILES string of the molecule is CCN1C(=O)/C(=C\c2cc(Br)c(OCc3ccccc3)c(OC)c2)SC1=Nc1ccc(C)cc1. The van der Waals surface area contributed by atoms with Crippen molar-refractivity contribution in [3.8, 4) is 11.5 Å². The molecule has 1 aliphatic heterocycles. The van der Waals surface area contributed by atoms with Gasteiger partial charge in [-0.1, -0.05) is 48.0 Å². The number of aryl methyl sites for hydroxylation is 1. The first-order chi connectivity index (χ1) is 16.5. The average Bonchev–Trinajstić information content (AvgIpc) is 3.13. The number of halogens is 1. The van der Waals surface area contributed by atoms with Gasteiger partial charge in [0.2, 0.25) is 0 Å². The first-order valence-corrected chi connectivity index (χ1v) is 12.5. The monoisotopic (exact) mass is 536 g/mol. The molecule has 0 saturated carbocycles. The third-order valence-electron chi connectivity index (χ3n) is 5.24.